The van der Waals surface area contributed by atoms with Crippen molar-refractivity contribution in [2.45, 2.75) is 49.7 Å². The molecule has 30 heavy (non-hydrogen) atoms. The summed E-state index contributed by atoms with van der Waals surface area (Å²) in [5.41, 5.74) is 1.75. The standard InChI is InChI=1S/C22H25N3O4S/c1-15-7-10-18(30(28,29)23-14-16-5-3-2-4-6-16)13-19(15)21(26)24-20-11-12-25(22(20)27)17-8-9-17/h2-7,10,13,17,20,23H,8-9,11-12,14H2,1H3,(H,24,26)/t20-/m1/s1. The first kappa shape index (κ1) is 20.6. The molecule has 2 aromatic rings. The van der Waals surface area contributed by atoms with Gasteiger partial charge in [0.1, 0.15) is 6.04 Å². The monoisotopic (exact) mass is 427 g/mol. The maximum atomic E-state index is 12.8. The third kappa shape index (κ3) is 4.39. The van der Waals surface area contributed by atoms with Crippen molar-refractivity contribution < 1.29 is 18.0 Å². The van der Waals surface area contributed by atoms with Crippen LogP contribution >= 0.6 is 0 Å². The van der Waals surface area contributed by atoms with Gasteiger partial charge in [0.15, 0.2) is 0 Å². The molecule has 0 unspecified atom stereocenters. The molecule has 2 aromatic carbocycles. The van der Waals surface area contributed by atoms with Gasteiger partial charge in [0.25, 0.3) is 5.91 Å². The van der Waals surface area contributed by atoms with Crippen molar-refractivity contribution in [3.63, 3.8) is 0 Å². The number of nitrogens with zero attached hydrogens (tertiary/aromatic N) is 1. The van der Waals surface area contributed by atoms with Gasteiger partial charge in [-0.2, -0.15) is 0 Å². The number of likely N-dealkylation sites (tertiary alicyclic amines) is 1. The lowest BCUT2D eigenvalue weighted by Gasteiger charge is -2.17. The van der Waals surface area contributed by atoms with E-state index in [9.17, 15) is 18.0 Å². The fourth-order valence-corrected chi connectivity index (χ4v) is 4.73. The Balaban J connectivity index is 1.47. The Morgan fingerprint density at radius 3 is 2.53 bits per heavy atom. The smallest absolute Gasteiger partial charge is 0.252 e. The molecule has 2 aliphatic rings. The summed E-state index contributed by atoms with van der Waals surface area (Å²) >= 11 is 0. The Morgan fingerprint density at radius 2 is 1.83 bits per heavy atom. The maximum Gasteiger partial charge on any atom is 0.252 e. The molecule has 158 valence electrons. The Hall–Kier alpha value is -2.71. The van der Waals surface area contributed by atoms with E-state index in [-0.39, 0.29) is 22.9 Å². The van der Waals surface area contributed by atoms with E-state index in [1.54, 1.807) is 13.0 Å². The molecule has 1 heterocycles. The number of sulfonamides is 1. The first-order valence-electron chi connectivity index (χ1n) is 10.1. The van der Waals surface area contributed by atoms with Crippen LogP contribution in [0.25, 0.3) is 0 Å². The number of carbonyl (C=O) groups excluding carboxylic acids is 2. The van der Waals surface area contributed by atoms with E-state index in [1.807, 2.05) is 35.2 Å². The number of carbonyl (C=O) groups is 2. The van der Waals surface area contributed by atoms with Crippen LogP contribution in [0.15, 0.2) is 53.4 Å². The largest absolute Gasteiger partial charge is 0.340 e. The van der Waals surface area contributed by atoms with E-state index in [4.69, 9.17) is 0 Å². The number of nitrogens with one attached hydrogen (secondary N) is 2. The minimum Gasteiger partial charge on any atom is -0.340 e. The fraction of sp³-hybridized carbons (Fsp3) is 0.364. The summed E-state index contributed by atoms with van der Waals surface area (Å²) in [4.78, 5) is 27.2. The number of amides is 2. The van der Waals surface area contributed by atoms with Crippen LogP contribution in [0.5, 0.6) is 0 Å². The highest BCUT2D eigenvalue weighted by Crippen LogP contribution is 2.30. The molecule has 7 nitrogen and oxygen atoms in total. The molecule has 2 fully saturated rings. The topological polar surface area (TPSA) is 95.6 Å². The van der Waals surface area contributed by atoms with Crippen molar-refractivity contribution >= 4 is 21.8 Å². The highest BCUT2D eigenvalue weighted by atomic mass is 32.2. The normalized spacial score (nSPS) is 19.2. The molecule has 1 aliphatic heterocycles. The number of hydrogen-bond acceptors (Lipinski definition) is 4. The summed E-state index contributed by atoms with van der Waals surface area (Å²) in [5.74, 6) is -0.472. The Labute approximate surface area is 176 Å². The first-order chi connectivity index (χ1) is 14.3. The lowest BCUT2D eigenvalue weighted by Crippen LogP contribution is -2.42. The molecule has 0 bridgehead atoms. The van der Waals surface area contributed by atoms with Gasteiger partial charge in [-0.15, -0.1) is 0 Å². The molecule has 1 atom stereocenters. The molecular weight excluding hydrogens is 402 g/mol. The predicted octanol–water partition coefficient (Wildman–Crippen LogP) is 1.97. The first-order valence-corrected chi connectivity index (χ1v) is 11.6. The third-order valence-electron chi connectivity index (χ3n) is 5.61. The summed E-state index contributed by atoms with van der Waals surface area (Å²) in [6, 6.07) is 13.4. The SMILES string of the molecule is Cc1ccc(S(=O)(=O)NCc2ccccc2)cc1C(=O)N[C@@H]1CCN(C2CC2)C1=O. The summed E-state index contributed by atoms with van der Waals surface area (Å²) in [6.45, 7) is 2.56. The fourth-order valence-electron chi connectivity index (χ4n) is 3.69. The third-order valence-corrected chi connectivity index (χ3v) is 7.00. The predicted molar refractivity (Wildman–Crippen MR) is 112 cm³/mol. The Bertz CT molecular complexity index is 1070. The van der Waals surface area contributed by atoms with E-state index in [1.165, 1.54) is 12.1 Å². The molecule has 4 rings (SSSR count). The number of hydrogen-bond donors (Lipinski definition) is 2. The van der Waals surface area contributed by atoms with Gasteiger partial charge in [0, 0.05) is 24.7 Å². The van der Waals surface area contributed by atoms with Crippen molar-refractivity contribution in [2.24, 2.45) is 0 Å². The molecule has 1 saturated carbocycles. The van der Waals surface area contributed by atoms with Crippen LogP contribution in [-0.4, -0.2) is 43.8 Å². The van der Waals surface area contributed by atoms with Gasteiger partial charge >= 0.3 is 0 Å². The van der Waals surface area contributed by atoms with Gasteiger partial charge < -0.3 is 10.2 Å². The average molecular weight is 428 g/mol. The van der Waals surface area contributed by atoms with Crippen LogP contribution in [-0.2, 0) is 21.4 Å². The van der Waals surface area contributed by atoms with Crippen LogP contribution < -0.4 is 10.0 Å². The summed E-state index contributed by atoms with van der Waals surface area (Å²) in [6.07, 6.45) is 2.64. The zero-order valence-electron chi connectivity index (χ0n) is 16.8. The molecule has 0 spiro atoms. The van der Waals surface area contributed by atoms with E-state index in [2.05, 4.69) is 10.0 Å². The second-order valence-corrected chi connectivity index (χ2v) is 9.63. The summed E-state index contributed by atoms with van der Waals surface area (Å²) < 4.78 is 28.0. The maximum absolute atomic E-state index is 12.8. The lowest BCUT2D eigenvalue weighted by atomic mass is 10.1. The van der Waals surface area contributed by atoms with Gasteiger partial charge in [-0.1, -0.05) is 36.4 Å². The van der Waals surface area contributed by atoms with E-state index in [0.29, 0.717) is 24.6 Å². The lowest BCUT2D eigenvalue weighted by molar-refractivity contribution is -0.129. The van der Waals surface area contributed by atoms with Gasteiger partial charge in [-0.3, -0.25) is 9.59 Å². The van der Waals surface area contributed by atoms with Gasteiger partial charge in [0.05, 0.1) is 4.90 Å². The van der Waals surface area contributed by atoms with Gasteiger partial charge in [-0.25, -0.2) is 13.1 Å². The zero-order valence-corrected chi connectivity index (χ0v) is 17.6. The molecule has 0 radical (unpaired) electrons. The molecule has 1 aliphatic carbocycles. The number of benzene rings is 2. The Morgan fingerprint density at radius 1 is 1.10 bits per heavy atom. The van der Waals surface area contributed by atoms with Crippen LogP contribution in [0.3, 0.4) is 0 Å². The van der Waals surface area contributed by atoms with Crippen molar-refractivity contribution in [1.82, 2.24) is 14.9 Å². The van der Waals surface area contributed by atoms with Crippen molar-refractivity contribution in [3.8, 4) is 0 Å². The summed E-state index contributed by atoms with van der Waals surface area (Å²) in [5, 5.41) is 2.79. The molecular formula is C22H25N3O4S. The van der Waals surface area contributed by atoms with E-state index in [0.717, 1.165) is 18.4 Å². The van der Waals surface area contributed by atoms with Gasteiger partial charge in [-0.05, 0) is 49.4 Å². The highest BCUT2D eigenvalue weighted by molar-refractivity contribution is 7.89. The van der Waals surface area contributed by atoms with Crippen LogP contribution in [0.4, 0.5) is 0 Å². The average Bonchev–Trinajstić information content (AvgIpc) is 3.51. The minimum absolute atomic E-state index is 0.0199. The minimum atomic E-state index is -3.79. The van der Waals surface area contributed by atoms with E-state index < -0.39 is 22.0 Å². The molecule has 2 amide bonds. The van der Waals surface area contributed by atoms with Crippen LogP contribution in [0, 0.1) is 6.92 Å². The van der Waals surface area contributed by atoms with Crippen LogP contribution in [0.1, 0.15) is 40.7 Å². The molecule has 8 heteroatoms. The highest BCUT2D eigenvalue weighted by Gasteiger charge is 2.41. The second-order valence-electron chi connectivity index (χ2n) is 7.86. The van der Waals surface area contributed by atoms with Crippen molar-refractivity contribution in [3.05, 3.63) is 65.2 Å². The number of rotatable bonds is 7. The van der Waals surface area contributed by atoms with Crippen LogP contribution in [0.2, 0.25) is 0 Å². The quantitative estimate of drug-likeness (QED) is 0.706. The number of aryl methyl sites for hydroxylation is 1. The zero-order chi connectivity index (χ0) is 21.3. The molecule has 0 aromatic heterocycles. The molecule has 2 N–H and O–H groups in total. The van der Waals surface area contributed by atoms with Crippen molar-refractivity contribution in [1.29, 1.82) is 0 Å². The molecule has 1 saturated heterocycles. The second kappa shape index (κ2) is 8.20. The van der Waals surface area contributed by atoms with E-state index >= 15 is 0 Å². The van der Waals surface area contributed by atoms with Gasteiger partial charge in [0.2, 0.25) is 15.9 Å². The summed E-state index contributed by atoms with van der Waals surface area (Å²) in [7, 11) is -3.79. The van der Waals surface area contributed by atoms with Crippen molar-refractivity contribution in [2.75, 3.05) is 6.54 Å². The Kier molecular flexibility index (Phi) is 5.62.